The Bertz CT molecular complexity index is 1580. The third-order valence-electron chi connectivity index (χ3n) is 7.36. The first-order valence-electron chi connectivity index (χ1n) is 13.4. The molecule has 2 N–H and O–H groups in total. The number of thiocarbonyl (C=S) groups is 1. The molecule has 8 heteroatoms. The average molecular weight is 572 g/mol. The Morgan fingerprint density at radius 3 is 2.35 bits per heavy atom. The Labute approximate surface area is 246 Å². The van der Waals surface area contributed by atoms with E-state index in [9.17, 15) is 4.79 Å². The lowest BCUT2D eigenvalue weighted by atomic mass is 9.96. The van der Waals surface area contributed by atoms with Crippen LogP contribution in [0, 0.1) is 33.6 Å². The number of carbonyl (C=O) groups is 1. The Balaban J connectivity index is 1.63. The van der Waals surface area contributed by atoms with Gasteiger partial charge < -0.3 is 20.1 Å². The lowest BCUT2D eigenvalue weighted by Crippen LogP contribution is -2.29. The van der Waals surface area contributed by atoms with E-state index in [1.165, 1.54) is 11.1 Å². The molecule has 2 atom stereocenters. The number of nitrogens with one attached hydrogen (secondary N) is 2. The fraction of sp³-hybridized carbons (Fsp3) is 0.281. The number of benzene rings is 2. The van der Waals surface area contributed by atoms with Gasteiger partial charge in [0.05, 0.1) is 28.5 Å². The molecule has 4 aromatic rings. The van der Waals surface area contributed by atoms with Gasteiger partial charge in [-0.15, -0.1) is 0 Å². The molecule has 1 saturated heterocycles. The Kier molecular flexibility index (Phi) is 7.71. The molecule has 3 heterocycles. The number of halogens is 1. The van der Waals surface area contributed by atoms with E-state index >= 15 is 0 Å². The zero-order valence-electron chi connectivity index (χ0n) is 23.6. The number of amides is 1. The van der Waals surface area contributed by atoms with Crippen molar-refractivity contribution < 1.29 is 4.79 Å². The van der Waals surface area contributed by atoms with Crippen molar-refractivity contribution in [3.63, 3.8) is 0 Å². The van der Waals surface area contributed by atoms with Gasteiger partial charge in [-0.3, -0.25) is 9.78 Å². The normalized spacial score (nSPS) is 16.9. The highest BCUT2D eigenvalue weighted by molar-refractivity contribution is 7.80. The Hall–Kier alpha value is -3.68. The van der Waals surface area contributed by atoms with E-state index < -0.39 is 0 Å². The minimum absolute atomic E-state index is 0.0834. The molecule has 0 radical (unpaired) electrons. The van der Waals surface area contributed by atoms with E-state index in [1.54, 1.807) is 0 Å². The minimum atomic E-state index is -0.180. The van der Waals surface area contributed by atoms with Gasteiger partial charge in [0, 0.05) is 34.9 Å². The average Bonchev–Trinajstić information content (AvgIpc) is 3.39. The van der Waals surface area contributed by atoms with Crippen LogP contribution in [-0.4, -0.2) is 20.6 Å². The highest BCUT2D eigenvalue weighted by Crippen LogP contribution is 2.44. The summed E-state index contributed by atoms with van der Waals surface area (Å²) in [5.41, 5.74) is 9.32. The summed E-state index contributed by atoms with van der Waals surface area (Å²) in [6.07, 6.45) is 1.81. The van der Waals surface area contributed by atoms with E-state index in [-0.39, 0.29) is 23.9 Å². The van der Waals surface area contributed by atoms with Gasteiger partial charge in [0.1, 0.15) is 0 Å². The number of aromatic nitrogens is 2. The van der Waals surface area contributed by atoms with Crippen molar-refractivity contribution in [2.24, 2.45) is 5.92 Å². The second-order valence-corrected chi connectivity index (χ2v) is 11.6. The summed E-state index contributed by atoms with van der Waals surface area (Å²) in [5.74, 6) is -0.234. The van der Waals surface area contributed by atoms with Crippen molar-refractivity contribution in [2.75, 3.05) is 10.2 Å². The van der Waals surface area contributed by atoms with Gasteiger partial charge >= 0.3 is 0 Å². The van der Waals surface area contributed by atoms with Crippen LogP contribution in [-0.2, 0) is 4.79 Å². The van der Waals surface area contributed by atoms with Crippen molar-refractivity contribution in [3.05, 3.63) is 106 Å². The second kappa shape index (κ2) is 11.1. The number of rotatable bonds is 6. The monoisotopic (exact) mass is 571 g/mol. The summed E-state index contributed by atoms with van der Waals surface area (Å²) in [5, 5.41) is 7.49. The molecule has 0 saturated carbocycles. The van der Waals surface area contributed by atoms with Crippen LogP contribution in [0.1, 0.15) is 59.7 Å². The summed E-state index contributed by atoms with van der Waals surface area (Å²) in [6, 6.07) is 20.1. The maximum Gasteiger partial charge on any atom is 0.226 e. The van der Waals surface area contributed by atoms with Crippen LogP contribution in [0.5, 0.6) is 0 Å². The number of hydrogen-bond donors (Lipinski definition) is 2. The van der Waals surface area contributed by atoms with Crippen LogP contribution < -0.4 is 15.5 Å². The first-order chi connectivity index (χ1) is 19.0. The molecule has 0 unspecified atom stereocenters. The predicted octanol–water partition coefficient (Wildman–Crippen LogP) is 7.53. The van der Waals surface area contributed by atoms with Crippen molar-refractivity contribution in [1.82, 2.24) is 14.9 Å². The standard InChI is InChI=1S/C32H34ClN5OS/c1-18(2)31(39)35-27-11-10-23(17-26(27)33)38-30(29(36-32(38)40)28-9-7-8-12-34-28)25-16-21(5)37(22(25)6)24-14-19(3)13-20(4)15-24/h7-18,29-30H,1-6H3,(H,35,39)(H,36,40)/t29-,30-/m0/s1. The Morgan fingerprint density at radius 1 is 1.00 bits per heavy atom. The van der Waals surface area contributed by atoms with Crippen molar-refractivity contribution in [3.8, 4) is 5.69 Å². The minimum Gasteiger partial charge on any atom is -0.351 e. The predicted molar refractivity (Wildman–Crippen MR) is 168 cm³/mol. The van der Waals surface area contributed by atoms with Crippen LogP contribution in [0.3, 0.4) is 0 Å². The van der Waals surface area contributed by atoms with Gasteiger partial charge in [0.25, 0.3) is 0 Å². The molecule has 2 aromatic carbocycles. The summed E-state index contributed by atoms with van der Waals surface area (Å²) in [4.78, 5) is 19.1. The van der Waals surface area contributed by atoms with E-state index in [1.807, 2.05) is 56.4 Å². The van der Waals surface area contributed by atoms with E-state index in [0.29, 0.717) is 15.8 Å². The molecule has 0 aliphatic carbocycles. The molecule has 5 rings (SSSR count). The SMILES string of the molecule is Cc1cc(C)cc(-n2c(C)cc([C@H]3[C@H](c4ccccn4)NC(=S)N3c3ccc(NC(=O)C(C)C)c(Cl)c3)c2C)c1. The van der Waals surface area contributed by atoms with Crippen LogP contribution >= 0.6 is 23.8 Å². The maximum atomic E-state index is 12.3. The van der Waals surface area contributed by atoms with E-state index in [4.69, 9.17) is 28.8 Å². The number of carbonyl (C=O) groups excluding carboxylic acids is 1. The highest BCUT2D eigenvalue weighted by atomic mass is 35.5. The molecule has 0 bridgehead atoms. The van der Waals surface area contributed by atoms with Crippen LogP contribution in [0.4, 0.5) is 11.4 Å². The fourth-order valence-corrected chi connectivity index (χ4v) is 6.11. The topological polar surface area (TPSA) is 62.2 Å². The van der Waals surface area contributed by atoms with Crippen LogP contribution in [0.2, 0.25) is 5.02 Å². The number of pyridine rings is 1. The zero-order chi connectivity index (χ0) is 28.7. The summed E-state index contributed by atoms with van der Waals surface area (Å²) in [7, 11) is 0. The molecule has 1 fully saturated rings. The molecule has 1 aliphatic rings. The molecule has 1 aliphatic heterocycles. The third kappa shape index (κ3) is 5.23. The van der Waals surface area contributed by atoms with E-state index in [0.717, 1.165) is 34.0 Å². The molecule has 2 aromatic heterocycles. The van der Waals surface area contributed by atoms with Gasteiger partial charge in [0.15, 0.2) is 5.11 Å². The van der Waals surface area contributed by atoms with Gasteiger partial charge in [-0.05, 0) is 105 Å². The smallest absolute Gasteiger partial charge is 0.226 e. The zero-order valence-corrected chi connectivity index (χ0v) is 25.2. The van der Waals surface area contributed by atoms with Crippen molar-refractivity contribution >= 4 is 46.2 Å². The molecule has 6 nitrogen and oxygen atoms in total. The number of anilines is 2. The highest BCUT2D eigenvalue weighted by Gasteiger charge is 2.42. The third-order valence-corrected chi connectivity index (χ3v) is 7.99. The molecular weight excluding hydrogens is 538 g/mol. The fourth-order valence-electron chi connectivity index (χ4n) is 5.55. The largest absolute Gasteiger partial charge is 0.351 e. The van der Waals surface area contributed by atoms with Gasteiger partial charge in [-0.25, -0.2) is 0 Å². The Morgan fingerprint density at radius 2 is 1.73 bits per heavy atom. The van der Waals surface area contributed by atoms with Crippen LogP contribution in [0.25, 0.3) is 5.69 Å². The van der Waals surface area contributed by atoms with Crippen molar-refractivity contribution in [2.45, 2.75) is 53.6 Å². The summed E-state index contributed by atoms with van der Waals surface area (Å²) >= 11 is 12.6. The maximum absolute atomic E-state index is 12.3. The molecule has 0 spiro atoms. The van der Waals surface area contributed by atoms with Gasteiger partial charge in [-0.1, -0.05) is 37.6 Å². The lowest BCUT2D eigenvalue weighted by molar-refractivity contribution is -0.118. The van der Waals surface area contributed by atoms with Gasteiger partial charge in [0.2, 0.25) is 5.91 Å². The number of hydrogen-bond acceptors (Lipinski definition) is 3. The van der Waals surface area contributed by atoms with Crippen LogP contribution in [0.15, 0.2) is 66.9 Å². The number of aryl methyl sites for hydroxylation is 3. The van der Waals surface area contributed by atoms with E-state index in [2.05, 4.69) is 72.1 Å². The first-order valence-corrected chi connectivity index (χ1v) is 14.2. The molecule has 40 heavy (non-hydrogen) atoms. The summed E-state index contributed by atoms with van der Waals surface area (Å²) < 4.78 is 2.31. The summed E-state index contributed by atoms with van der Waals surface area (Å²) in [6.45, 7) is 12.2. The molecular formula is C32H34ClN5OS. The second-order valence-electron chi connectivity index (χ2n) is 10.8. The quantitative estimate of drug-likeness (QED) is 0.234. The van der Waals surface area contributed by atoms with Crippen molar-refractivity contribution in [1.29, 1.82) is 0 Å². The molecule has 1 amide bonds. The number of nitrogens with zero attached hydrogens (tertiary/aromatic N) is 3. The van der Waals surface area contributed by atoms with Gasteiger partial charge in [-0.2, -0.15) is 0 Å². The first kappa shape index (κ1) is 27.9. The molecule has 206 valence electrons. The lowest BCUT2D eigenvalue weighted by Gasteiger charge is -2.28.